The molecule has 0 amide bonds. The summed E-state index contributed by atoms with van der Waals surface area (Å²) in [5, 5.41) is 29.8. The summed E-state index contributed by atoms with van der Waals surface area (Å²) in [6, 6.07) is 17.5. The minimum Gasteiger partial charge on any atom is -0.387 e. The molecule has 0 heterocycles. The molecule has 0 aromatic heterocycles. The van der Waals surface area contributed by atoms with E-state index in [2.05, 4.69) is 0 Å². The number of hydrogen-bond acceptors (Lipinski definition) is 5. The van der Waals surface area contributed by atoms with E-state index in [1.165, 1.54) is 0 Å². The lowest BCUT2D eigenvalue weighted by atomic mass is 9.95. The van der Waals surface area contributed by atoms with Crippen LogP contribution in [0.3, 0.4) is 0 Å². The highest BCUT2D eigenvalue weighted by Gasteiger charge is 2.33. The molecular formula is C19H20O5. The molecule has 2 atom stereocenters. The number of carbonyl (C=O) groups is 2. The number of aliphatic hydroxyl groups is 3. The van der Waals surface area contributed by atoms with E-state index in [1.807, 2.05) is 0 Å². The zero-order chi connectivity index (χ0) is 17.5. The number of aliphatic hydroxyl groups excluding tert-OH is 3. The van der Waals surface area contributed by atoms with Crippen LogP contribution in [0.2, 0.25) is 0 Å². The molecule has 5 heteroatoms. The number of benzene rings is 2. The molecule has 5 nitrogen and oxygen atoms in total. The SMILES string of the molecule is O=C(Cc1ccccc1)C(O)C(O)C(O)C(=O)Cc1ccccc1. The van der Waals surface area contributed by atoms with E-state index < -0.39 is 29.9 Å². The lowest BCUT2D eigenvalue weighted by Gasteiger charge is -2.21. The predicted octanol–water partition coefficient (Wildman–Crippen LogP) is 0.693. The van der Waals surface area contributed by atoms with E-state index in [9.17, 15) is 24.9 Å². The van der Waals surface area contributed by atoms with Gasteiger partial charge in [-0.25, -0.2) is 0 Å². The molecule has 3 N–H and O–H groups in total. The Kier molecular flexibility index (Phi) is 6.37. The monoisotopic (exact) mass is 328 g/mol. The molecule has 0 radical (unpaired) electrons. The number of hydrogen-bond donors (Lipinski definition) is 3. The third-order valence-electron chi connectivity index (χ3n) is 3.75. The lowest BCUT2D eigenvalue weighted by molar-refractivity contribution is -0.146. The summed E-state index contributed by atoms with van der Waals surface area (Å²) < 4.78 is 0. The van der Waals surface area contributed by atoms with Crippen LogP contribution in [0.25, 0.3) is 0 Å². The zero-order valence-corrected chi connectivity index (χ0v) is 13.1. The smallest absolute Gasteiger partial charge is 0.168 e. The largest absolute Gasteiger partial charge is 0.387 e. The van der Waals surface area contributed by atoms with Crippen LogP contribution in [0.15, 0.2) is 60.7 Å². The molecule has 0 aliphatic heterocycles. The molecule has 0 aliphatic carbocycles. The van der Waals surface area contributed by atoms with Crippen molar-refractivity contribution in [3.63, 3.8) is 0 Å². The molecule has 0 saturated carbocycles. The first-order valence-electron chi connectivity index (χ1n) is 7.66. The molecule has 2 unspecified atom stereocenters. The van der Waals surface area contributed by atoms with Crippen LogP contribution in [0, 0.1) is 0 Å². The maximum Gasteiger partial charge on any atom is 0.168 e. The summed E-state index contributed by atoms with van der Waals surface area (Å²) in [5.74, 6) is -1.31. The van der Waals surface area contributed by atoms with Gasteiger partial charge in [0, 0.05) is 12.8 Å². The Morgan fingerprint density at radius 2 is 1.00 bits per heavy atom. The predicted molar refractivity (Wildman–Crippen MR) is 88.3 cm³/mol. The van der Waals surface area contributed by atoms with Gasteiger partial charge in [-0.2, -0.15) is 0 Å². The zero-order valence-electron chi connectivity index (χ0n) is 13.1. The van der Waals surface area contributed by atoms with E-state index in [0.717, 1.165) is 0 Å². The number of rotatable bonds is 8. The van der Waals surface area contributed by atoms with Gasteiger partial charge in [-0.15, -0.1) is 0 Å². The summed E-state index contributed by atoms with van der Waals surface area (Å²) >= 11 is 0. The van der Waals surface area contributed by atoms with Crippen molar-refractivity contribution in [3.05, 3.63) is 71.8 Å². The minimum absolute atomic E-state index is 0.0847. The van der Waals surface area contributed by atoms with Gasteiger partial charge >= 0.3 is 0 Å². The first kappa shape index (κ1) is 18.0. The Morgan fingerprint density at radius 1 is 0.667 bits per heavy atom. The molecular weight excluding hydrogens is 308 g/mol. The van der Waals surface area contributed by atoms with Crippen LogP contribution in [-0.4, -0.2) is 45.2 Å². The molecule has 24 heavy (non-hydrogen) atoms. The molecule has 0 aliphatic rings. The van der Waals surface area contributed by atoms with E-state index in [4.69, 9.17) is 0 Å². The van der Waals surface area contributed by atoms with Crippen LogP contribution in [-0.2, 0) is 22.4 Å². The van der Waals surface area contributed by atoms with Crippen LogP contribution in [0.1, 0.15) is 11.1 Å². The normalized spacial score (nSPS) is 14.6. The third-order valence-corrected chi connectivity index (χ3v) is 3.75. The highest BCUT2D eigenvalue weighted by atomic mass is 16.4. The van der Waals surface area contributed by atoms with Crippen LogP contribution in [0.4, 0.5) is 0 Å². The first-order valence-corrected chi connectivity index (χ1v) is 7.66. The van der Waals surface area contributed by atoms with E-state index in [1.54, 1.807) is 60.7 Å². The van der Waals surface area contributed by atoms with Crippen molar-refractivity contribution in [2.45, 2.75) is 31.2 Å². The average molecular weight is 328 g/mol. The van der Waals surface area contributed by atoms with E-state index >= 15 is 0 Å². The number of carbonyl (C=O) groups excluding carboxylic acids is 2. The molecule has 126 valence electrons. The first-order chi connectivity index (χ1) is 11.5. The average Bonchev–Trinajstić information content (AvgIpc) is 2.61. The van der Waals surface area contributed by atoms with Gasteiger partial charge in [0.15, 0.2) is 11.6 Å². The van der Waals surface area contributed by atoms with Crippen molar-refractivity contribution < 1.29 is 24.9 Å². The van der Waals surface area contributed by atoms with Crippen molar-refractivity contribution in [2.75, 3.05) is 0 Å². The second-order valence-corrected chi connectivity index (χ2v) is 5.64. The highest BCUT2D eigenvalue weighted by molar-refractivity contribution is 5.89. The van der Waals surface area contributed by atoms with Crippen molar-refractivity contribution >= 4 is 11.6 Å². The Hall–Kier alpha value is -2.34. The molecule has 0 bridgehead atoms. The molecule has 2 aromatic carbocycles. The second kappa shape index (κ2) is 8.49. The summed E-state index contributed by atoms with van der Waals surface area (Å²) in [4.78, 5) is 24.0. The van der Waals surface area contributed by atoms with Gasteiger partial charge in [0.2, 0.25) is 0 Å². The summed E-state index contributed by atoms with van der Waals surface area (Å²) in [6.45, 7) is 0. The van der Waals surface area contributed by atoms with Gasteiger partial charge in [-0.05, 0) is 11.1 Å². The molecule has 0 spiro atoms. The van der Waals surface area contributed by atoms with E-state index in [0.29, 0.717) is 11.1 Å². The van der Waals surface area contributed by atoms with Gasteiger partial charge in [-0.1, -0.05) is 60.7 Å². The van der Waals surface area contributed by atoms with Crippen molar-refractivity contribution in [2.24, 2.45) is 0 Å². The second-order valence-electron chi connectivity index (χ2n) is 5.64. The summed E-state index contributed by atoms with van der Waals surface area (Å²) in [6.07, 6.45) is -5.66. The fraction of sp³-hybridized carbons (Fsp3) is 0.263. The maximum absolute atomic E-state index is 12.0. The Morgan fingerprint density at radius 3 is 1.33 bits per heavy atom. The Bertz CT molecular complexity index is 609. The lowest BCUT2D eigenvalue weighted by Crippen LogP contribution is -2.46. The highest BCUT2D eigenvalue weighted by Crippen LogP contribution is 2.10. The van der Waals surface area contributed by atoms with Crippen molar-refractivity contribution in [1.29, 1.82) is 0 Å². The molecule has 2 rings (SSSR count). The van der Waals surface area contributed by atoms with Crippen molar-refractivity contribution in [1.82, 2.24) is 0 Å². The van der Waals surface area contributed by atoms with Crippen LogP contribution < -0.4 is 0 Å². The van der Waals surface area contributed by atoms with Crippen LogP contribution >= 0.6 is 0 Å². The standard InChI is InChI=1S/C19H20O5/c20-15(11-13-7-3-1-4-8-13)17(22)19(24)18(23)16(21)12-14-9-5-2-6-10-14/h1-10,17-19,22-24H,11-12H2. The van der Waals surface area contributed by atoms with Gasteiger partial charge in [0.05, 0.1) is 0 Å². The summed E-state index contributed by atoms with van der Waals surface area (Å²) in [5.41, 5.74) is 1.36. The molecule has 0 saturated heterocycles. The van der Waals surface area contributed by atoms with Crippen LogP contribution in [0.5, 0.6) is 0 Å². The molecule has 2 aromatic rings. The van der Waals surface area contributed by atoms with Gasteiger partial charge in [-0.3, -0.25) is 9.59 Å². The Labute approximate surface area is 140 Å². The number of Topliss-reactive ketones (excluding diaryl/α,β-unsaturated/α-hetero) is 2. The topological polar surface area (TPSA) is 94.8 Å². The van der Waals surface area contributed by atoms with Crippen molar-refractivity contribution in [3.8, 4) is 0 Å². The van der Waals surface area contributed by atoms with Gasteiger partial charge < -0.3 is 15.3 Å². The maximum atomic E-state index is 12.0. The quantitative estimate of drug-likeness (QED) is 0.663. The third kappa shape index (κ3) is 4.83. The van der Waals surface area contributed by atoms with E-state index in [-0.39, 0.29) is 12.8 Å². The minimum atomic E-state index is -1.85. The number of ketones is 2. The molecule has 0 fully saturated rings. The van der Waals surface area contributed by atoms with Gasteiger partial charge in [0.25, 0.3) is 0 Å². The summed E-state index contributed by atoms with van der Waals surface area (Å²) in [7, 11) is 0. The van der Waals surface area contributed by atoms with Gasteiger partial charge in [0.1, 0.15) is 18.3 Å². The Balaban J connectivity index is 1.94. The fourth-order valence-corrected chi connectivity index (χ4v) is 2.36. The fourth-order valence-electron chi connectivity index (χ4n) is 2.36.